The molecule has 0 amide bonds. The fourth-order valence-electron chi connectivity index (χ4n) is 1.51. The van der Waals surface area contributed by atoms with E-state index in [-0.39, 0.29) is 0 Å². The molecule has 0 aromatic heterocycles. The van der Waals surface area contributed by atoms with Crippen LogP contribution in [0.4, 0.5) is 0 Å². The fraction of sp³-hybridized carbons (Fsp3) is 1.00. The van der Waals surface area contributed by atoms with Crippen molar-refractivity contribution in [3.63, 3.8) is 0 Å². The van der Waals surface area contributed by atoms with Crippen LogP contribution in [0.25, 0.3) is 0 Å². The first-order valence-electron chi connectivity index (χ1n) is 5.45. The summed E-state index contributed by atoms with van der Waals surface area (Å²) >= 11 is 0. The lowest BCUT2D eigenvalue weighted by atomic mass is 10.2. The molecular formula is C10H23N3O. The summed E-state index contributed by atoms with van der Waals surface area (Å²) in [5.74, 6) is 0. The van der Waals surface area contributed by atoms with Crippen molar-refractivity contribution in [2.75, 3.05) is 53.5 Å². The molecule has 84 valence electrons. The highest BCUT2D eigenvalue weighted by Crippen LogP contribution is 1.96. The Hall–Kier alpha value is -0.160. The van der Waals surface area contributed by atoms with Crippen molar-refractivity contribution in [1.29, 1.82) is 0 Å². The minimum absolute atomic E-state index is 0.551. The van der Waals surface area contributed by atoms with Crippen molar-refractivity contribution in [3.05, 3.63) is 0 Å². The maximum Gasteiger partial charge on any atom is 0.0620 e. The second kappa shape index (κ2) is 7.17. The van der Waals surface area contributed by atoms with Gasteiger partial charge >= 0.3 is 0 Å². The molecule has 1 fully saturated rings. The molecule has 14 heavy (non-hydrogen) atoms. The van der Waals surface area contributed by atoms with E-state index in [4.69, 9.17) is 4.74 Å². The first kappa shape index (κ1) is 11.9. The summed E-state index contributed by atoms with van der Waals surface area (Å²) in [4.78, 5) is 2.19. The average molecular weight is 201 g/mol. The van der Waals surface area contributed by atoms with Gasteiger partial charge < -0.3 is 20.3 Å². The van der Waals surface area contributed by atoms with E-state index in [0.717, 1.165) is 45.8 Å². The van der Waals surface area contributed by atoms with E-state index in [2.05, 4.69) is 29.6 Å². The van der Waals surface area contributed by atoms with Crippen LogP contribution in [0.2, 0.25) is 0 Å². The molecule has 0 aromatic carbocycles. The van der Waals surface area contributed by atoms with Crippen LogP contribution in [-0.2, 0) is 4.74 Å². The zero-order valence-corrected chi connectivity index (χ0v) is 9.38. The molecule has 1 aliphatic rings. The van der Waals surface area contributed by atoms with Gasteiger partial charge in [0.2, 0.25) is 0 Å². The molecular weight excluding hydrogens is 178 g/mol. The van der Waals surface area contributed by atoms with Gasteiger partial charge in [-0.1, -0.05) is 0 Å². The van der Waals surface area contributed by atoms with Crippen molar-refractivity contribution in [2.45, 2.75) is 12.5 Å². The summed E-state index contributed by atoms with van der Waals surface area (Å²) in [6.07, 6.45) is 1.16. The summed E-state index contributed by atoms with van der Waals surface area (Å²) in [5, 5.41) is 6.87. The summed E-state index contributed by atoms with van der Waals surface area (Å²) < 4.78 is 5.38. The normalized spacial score (nSPS) is 22.9. The molecule has 1 heterocycles. The van der Waals surface area contributed by atoms with Crippen LogP contribution in [0.5, 0.6) is 0 Å². The van der Waals surface area contributed by atoms with Gasteiger partial charge in [0.05, 0.1) is 13.2 Å². The van der Waals surface area contributed by atoms with Crippen LogP contribution in [0.15, 0.2) is 0 Å². The third kappa shape index (κ3) is 5.54. The van der Waals surface area contributed by atoms with Gasteiger partial charge in [0.1, 0.15) is 0 Å². The Morgan fingerprint density at radius 3 is 2.93 bits per heavy atom. The van der Waals surface area contributed by atoms with Gasteiger partial charge in [0, 0.05) is 25.7 Å². The Labute approximate surface area is 87.0 Å². The summed E-state index contributed by atoms with van der Waals surface area (Å²) in [6.45, 7) is 5.99. The quantitative estimate of drug-likeness (QED) is 0.569. The highest BCUT2D eigenvalue weighted by molar-refractivity contribution is 4.70. The van der Waals surface area contributed by atoms with E-state index in [1.165, 1.54) is 0 Å². The van der Waals surface area contributed by atoms with E-state index in [1.54, 1.807) is 0 Å². The predicted molar refractivity (Wildman–Crippen MR) is 58.7 cm³/mol. The monoisotopic (exact) mass is 201 g/mol. The van der Waals surface area contributed by atoms with Crippen molar-refractivity contribution in [1.82, 2.24) is 15.5 Å². The number of likely N-dealkylation sites (N-methyl/N-ethyl adjacent to an activating group) is 1. The van der Waals surface area contributed by atoms with Crippen molar-refractivity contribution in [3.8, 4) is 0 Å². The molecule has 2 N–H and O–H groups in total. The van der Waals surface area contributed by atoms with Gasteiger partial charge in [-0.2, -0.15) is 0 Å². The van der Waals surface area contributed by atoms with Crippen LogP contribution >= 0.6 is 0 Å². The first-order valence-corrected chi connectivity index (χ1v) is 5.45. The lowest BCUT2D eigenvalue weighted by Crippen LogP contribution is -2.43. The minimum atomic E-state index is 0.551. The van der Waals surface area contributed by atoms with E-state index >= 15 is 0 Å². The van der Waals surface area contributed by atoms with E-state index in [9.17, 15) is 0 Å². The van der Waals surface area contributed by atoms with Gasteiger partial charge in [-0.25, -0.2) is 0 Å². The van der Waals surface area contributed by atoms with Crippen LogP contribution < -0.4 is 10.6 Å². The van der Waals surface area contributed by atoms with Gasteiger partial charge in [-0.3, -0.25) is 0 Å². The van der Waals surface area contributed by atoms with Crippen molar-refractivity contribution in [2.24, 2.45) is 0 Å². The molecule has 4 nitrogen and oxygen atoms in total. The Bertz CT molecular complexity index is 135. The highest BCUT2D eigenvalue weighted by Gasteiger charge is 2.11. The van der Waals surface area contributed by atoms with Crippen LogP contribution in [0.3, 0.4) is 0 Å². The topological polar surface area (TPSA) is 36.5 Å². The number of rotatable bonds is 6. The minimum Gasteiger partial charge on any atom is -0.379 e. The van der Waals surface area contributed by atoms with Crippen LogP contribution in [0.1, 0.15) is 6.42 Å². The molecule has 0 aliphatic carbocycles. The number of nitrogens with one attached hydrogen (secondary N) is 2. The average Bonchev–Trinajstić information content (AvgIpc) is 2.18. The molecule has 0 saturated carbocycles. The second-order valence-corrected chi connectivity index (χ2v) is 4.07. The van der Waals surface area contributed by atoms with Crippen molar-refractivity contribution >= 4 is 0 Å². The van der Waals surface area contributed by atoms with E-state index in [1.807, 2.05) is 0 Å². The molecule has 0 aromatic rings. The first-order chi connectivity index (χ1) is 6.79. The molecule has 4 heteroatoms. The number of hydrogen-bond acceptors (Lipinski definition) is 4. The number of morpholine rings is 1. The lowest BCUT2D eigenvalue weighted by molar-refractivity contribution is 0.0742. The molecule has 1 unspecified atom stereocenters. The van der Waals surface area contributed by atoms with E-state index < -0.39 is 0 Å². The molecule has 1 saturated heterocycles. The zero-order chi connectivity index (χ0) is 10.2. The van der Waals surface area contributed by atoms with Gasteiger partial charge in [-0.05, 0) is 27.1 Å². The van der Waals surface area contributed by atoms with Crippen LogP contribution in [-0.4, -0.2) is 64.4 Å². The summed E-state index contributed by atoms with van der Waals surface area (Å²) in [7, 11) is 4.19. The zero-order valence-electron chi connectivity index (χ0n) is 9.38. The molecule has 1 aliphatic heterocycles. The Morgan fingerprint density at radius 2 is 2.29 bits per heavy atom. The highest BCUT2D eigenvalue weighted by atomic mass is 16.5. The summed E-state index contributed by atoms with van der Waals surface area (Å²) in [6, 6.07) is 0.551. The smallest absolute Gasteiger partial charge is 0.0620 e. The van der Waals surface area contributed by atoms with E-state index in [0.29, 0.717) is 6.04 Å². The maximum absolute atomic E-state index is 5.38. The third-order valence-corrected chi connectivity index (χ3v) is 2.40. The predicted octanol–water partition coefficient (Wildman–Crippen LogP) is -0.484. The third-order valence-electron chi connectivity index (χ3n) is 2.40. The fourth-order valence-corrected chi connectivity index (χ4v) is 1.51. The van der Waals surface area contributed by atoms with Gasteiger partial charge in [-0.15, -0.1) is 0 Å². The molecule has 1 atom stereocenters. The second-order valence-electron chi connectivity index (χ2n) is 4.07. The molecule has 1 rings (SSSR count). The largest absolute Gasteiger partial charge is 0.379 e. The van der Waals surface area contributed by atoms with Crippen LogP contribution in [0, 0.1) is 0 Å². The molecule has 0 radical (unpaired) electrons. The number of nitrogens with zero attached hydrogens (tertiary/aromatic N) is 1. The van der Waals surface area contributed by atoms with Gasteiger partial charge in [0.25, 0.3) is 0 Å². The lowest BCUT2D eigenvalue weighted by Gasteiger charge is -2.23. The SMILES string of the molecule is CN(C)CCNCCC1COCCN1. The van der Waals surface area contributed by atoms with Crippen molar-refractivity contribution < 1.29 is 4.74 Å². The number of hydrogen-bond donors (Lipinski definition) is 2. The standard InChI is InChI=1S/C10H23N3O/c1-13(2)7-5-11-4-3-10-9-14-8-6-12-10/h10-12H,3-9H2,1-2H3. The molecule has 0 bridgehead atoms. The Balaban J connectivity index is 1.87. The Morgan fingerprint density at radius 1 is 1.43 bits per heavy atom. The summed E-state index contributed by atoms with van der Waals surface area (Å²) in [5.41, 5.74) is 0. The number of ether oxygens (including phenoxy) is 1. The maximum atomic E-state index is 5.38. The van der Waals surface area contributed by atoms with Gasteiger partial charge in [0.15, 0.2) is 0 Å². The molecule has 0 spiro atoms. The Kier molecular flexibility index (Phi) is 6.10.